The van der Waals surface area contributed by atoms with E-state index in [2.05, 4.69) is 139 Å². The number of pyridine rings is 1. The van der Waals surface area contributed by atoms with Crippen LogP contribution in [0.3, 0.4) is 0 Å². The molecule has 226 valence electrons. The molecule has 5 nitrogen and oxygen atoms in total. The Morgan fingerprint density at radius 2 is 1.31 bits per heavy atom. The first kappa shape index (κ1) is 30.2. The number of aryl methyl sites for hydroxylation is 1. The largest absolute Gasteiger partial charge is 0.346 e. The van der Waals surface area contributed by atoms with E-state index in [4.69, 9.17) is 0 Å². The van der Waals surface area contributed by atoms with Gasteiger partial charge in [0.1, 0.15) is 6.04 Å². The number of aromatic nitrogens is 1. The van der Waals surface area contributed by atoms with Crippen molar-refractivity contribution in [1.29, 1.82) is 0 Å². The average Bonchev–Trinajstić information content (AvgIpc) is 3.35. The van der Waals surface area contributed by atoms with Crippen molar-refractivity contribution in [3.05, 3.63) is 167 Å². The molecule has 0 N–H and O–H groups in total. The summed E-state index contributed by atoms with van der Waals surface area (Å²) in [5, 5.41) is 0. The lowest BCUT2D eigenvalue weighted by Crippen LogP contribution is -2.51. The summed E-state index contributed by atoms with van der Waals surface area (Å²) in [6, 6.07) is 43.9. The Balaban J connectivity index is 1.44. The fourth-order valence-corrected chi connectivity index (χ4v) is 7.06. The van der Waals surface area contributed by atoms with Crippen molar-refractivity contribution in [2.45, 2.75) is 50.7 Å². The average molecular weight is 594 g/mol. The highest BCUT2D eigenvalue weighted by Gasteiger charge is 2.50. The van der Waals surface area contributed by atoms with Crippen molar-refractivity contribution in [3.63, 3.8) is 0 Å². The summed E-state index contributed by atoms with van der Waals surface area (Å²) in [6.45, 7) is 7.37. The van der Waals surface area contributed by atoms with Crippen LogP contribution in [0.15, 0.2) is 134 Å². The molecule has 0 amide bonds. The second-order valence-electron chi connectivity index (χ2n) is 12.3. The van der Waals surface area contributed by atoms with Crippen molar-refractivity contribution < 1.29 is 9.59 Å². The van der Waals surface area contributed by atoms with Gasteiger partial charge in [-0.3, -0.25) is 19.5 Å². The number of rotatable bonds is 10. The molecule has 2 heterocycles. The molecule has 1 aliphatic heterocycles. The normalized spacial score (nSPS) is 16.4. The lowest BCUT2D eigenvalue weighted by Gasteiger charge is -2.37. The van der Waals surface area contributed by atoms with Crippen LogP contribution in [-0.4, -0.2) is 40.2 Å². The molecule has 1 fully saturated rings. The van der Waals surface area contributed by atoms with Gasteiger partial charge in [-0.05, 0) is 72.4 Å². The van der Waals surface area contributed by atoms with Crippen LogP contribution in [0.2, 0.25) is 0 Å². The van der Waals surface area contributed by atoms with Crippen molar-refractivity contribution in [2.75, 3.05) is 11.6 Å². The highest BCUT2D eigenvalue weighted by molar-refractivity contribution is 6.28. The van der Waals surface area contributed by atoms with Crippen molar-refractivity contribution >= 4 is 17.8 Å². The number of hydrogen-bond acceptors (Lipinski definition) is 5. The molecule has 6 rings (SSSR count). The number of benzene rings is 4. The summed E-state index contributed by atoms with van der Waals surface area (Å²) >= 11 is 0. The molecule has 1 aliphatic rings. The van der Waals surface area contributed by atoms with E-state index in [9.17, 15) is 9.59 Å². The van der Waals surface area contributed by atoms with E-state index in [0.717, 1.165) is 28.9 Å². The van der Waals surface area contributed by atoms with Crippen LogP contribution in [-0.2, 0) is 28.0 Å². The maximum atomic E-state index is 13.2. The summed E-state index contributed by atoms with van der Waals surface area (Å²) in [5.74, 6) is -0.414. The van der Waals surface area contributed by atoms with Crippen molar-refractivity contribution in [2.24, 2.45) is 0 Å². The Kier molecular flexibility index (Phi) is 8.46. The van der Waals surface area contributed by atoms with E-state index in [-0.39, 0.29) is 0 Å². The lowest BCUT2D eigenvalue weighted by atomic mass is 9.65. The quantitative estimate of drug-likeness (QED) is 0.0972. The standard InChI is InChI=1S/C40H39N3O2/c1-4-35-26-30(24-25-41-35)27-42-29-43(38(37(45)28-44)39(42,2)3)36-22-20-34(21-23-36)40(31-14-8-5-9-15-31,32-16-10-6-11-17-32)33-18-12-7-13-19-33/h5-26,28,38H,4,27,29H2,1-3H3. The van der Waals surface area contributed by atoms with Gasteiger partial charge in [-0.1, -0.05) is 110 Å². The smallest absolute Gasteiger partial charge is 0.219 e. The van der Waals surface area contributed by atoms with Gasteiger partial charge in [0.05, 0.1) is 12.1 Å². The first-order valence-corrected chi connectivity index (χ1v) is 15.6. The molecule has 45 heavy (non-hydrogen) atoms. The lowest BCUT2D eigenvalue weighted by molar-refractivity contribution is -0.131. The van der Waals surface area contributed by atoms with Crippen LogP contribution < -0.4 is 4.90 Å². The molecule has 0 spiro atoms. The second-order valence-corrected chi connectivity index (χ2v) is 12.3. The molecule has 4 aromatic carbocycles. The highest BCUT2D eigenvalue weighted by Crippen LogP contribution is 2.46. The highest BCUT2D eigenvalue weighted by atomic mass is 16.2. The van der Waals surface area contributed by atoms with Crippen LogP contribution in [0.5, 0.6) is 0 Å². The SMILES string of the molecule is CCc1cc(CN2CN(c3ccc(C(c4ccccc4)(c4ccccc4)c4ccccc4)cc3)C(C(=O)C=O)C2(C)C)ccn1. The van der Waals surface area contributed by atoms with Gasteiger partial charge in [-0.2, -0.15) is 0 Å². The first-order valence-electron chi connectivity index (χ1n) is 15.6. The summed E-state index contributed by atoms with van der Waals surface area (Å²) in [6.07, 6.45) is 3.18. The number of carbonyl (C=O) groups excluding carboxylic acids is 2. The van der Waals surface area contributed by atoms with Gasteiger partial charge in [0, 0.05) is 29.7 Å². The minimum absolute atomic E-state index is 0.414. The van der Waals surface area contributed by atoms with Crippen LogP contribution in [0.25, 0.3) is 0 Å². The van der Waals surface area contributed by atoms with Crippen molar-refractivity contribution in [1.82, 2.24) is 9.88 Å². The van der Waals surface area contributed by atoms with E-state index >= 15 is 0 Å². The van der Waals surface area contributed by atoms with E-state index in [1.807, 2.05) is 30.5 Å². The Bertz CT molecular complexity index is 1660. The minimum atomic E-state index is -0.615. The Morgan fingerprint density at radius 3 is 1.80 bits per heavy atom. The van der Waals surface area contributed by atoms with E-state index < -0.39 is 22.8 Å². The summed E-state index contributed by atoms with van der Waals surface area (Å²) in [7, 11) is 0. The van der Waals surface area contributed by atoms with E-state index in [1.165, 1.54) is 16.7 Å². The topological polar surface area (TPSA) is 53.5 Å². The fourth-order valence-electron chi connectivity index (χ4n) is 7.06. The van der Waals surface area contributed by atoms with Gasteiger partial charge >= 0.3 is 0 Å². The first-order chi connectivity index (χ1) is 21.9. The van der Waals surface area contributed by atoms with Crippen molar-refractivity contribution in [3.8, 4) is 0 Å². The van der Waals surface area contributed by atoms with Gasteiger partial charge in [-0.15, -0.1) is 0 Å². The molecule has 0 bridgehead atoms. The van der Waals surface area contributed by atoms with Crippen LogP contribution >= 0.6 is 0 Å². The zero-order valence-electron chi connectivity index (χ0n) is 26.1. The van der Waals surface area contributed by atoms with Gasteiger partial charge in [-0.25, -0.2) is 0 Å². The molecule has 1 saturated heterocycles. The Morgan fingerprint density at radius 1 is 0.800 bits per heavy atom. The summed E-state index contributed by atoms with van der Waals surface area (Å²) < 4.78 is 0. The molecule has 0 aliphatic carbocycles. The molecule has 5 aromatic rings. The van der Waals surface area contributed by atoms with Gasteiger partial charge in [0.2, 0.25) is 5.78 Å². The van der Waals surface area contributed by atoms with Gasteiger partial charge in [0.15, 0.2) is 6.29 Å². The van der Waals surface area contributed by atoms with E-state index in [0.29, 0.717) is 19.5 Å². The third-order valence-corrected chi connectivity index (χ3v) is 9.37. The molecule has 0 radical (unpaired) electrons. The minimum Gasteiger partial charge on any atom is -0.346 e. The molecule has 0 saturated carbocycles. The van der Waals surface area contributed by atoms with E-state index in [1.54, 1.807) is 0 Å². The van der Waals surface area contributed by atoms with Crippen LogP contribution in [0.4, 0.5) is 5.69 Å². The summed E-state index contributed by atoms with van der Waals surface area (Å²) in [5.41, 5.74) is 6.57. The Labute approximate surface area is 266 Å². The third-order valence-electron chi connectivity index (χ3n) is 9.37. The predicted octanol–water partition coefficient (Wildman–Crippen LogP) is 7.22. The molecule has 1 aromatic heterocycles. The van der Waals surface area contributed by atoms with Gasteiger partial charge in [0.25, 0.3) is 0 Å². The maximum absolute atomic E-state index is 13.2. The van der Waals surface area contributed by atoms with Gasteiger partial charge < -0.3 is 4.90 Å². The fraction of sp³-hybridized carbons (Fsp3) is 0.225. The number of anilines is 1. The second kappa shape index (κ2) is 12.6. The number of ketones is 1. The number of Topliss-reactive ketones (excluding diaryl/α,β-unsaturated/α-hetero) is 1. The van der Waals surface area contributed by atoms with Crippen LogP contribution in [0.1, 0.15) is 54.3 Å². The zero-order valence-corrected chi connectivity index (χ0v) is 26.1. The molecular weight excluding hydrogens is 554 g/mol. The maximum Gasteiger partial charge on any atom is 0.219 e. The predicted molar refractivity (Wildman–Crippen MR) is 180 cm³/mol. The number of aldehydes is 1. The number of hydrogen-bond donors (Lipinski definition) is 0. The third kappa shape index (κ3) is 5.49. The summed E-state index contributed by atoms with van der Waals surface area (Å²) in [4.78, 5) is 34.0. The zero-order chi connectivity index (χ0) is 31.4. The molecule has 1 unspecified atom stereocenters. The number of carbonyl (C=O) groups is 2. The monoisotopic (exact) mass is 593 g/mol. The molecule has 1 atom stereocenters. The van der Waals surface area contributed by atoms with Crippen LogP contribution in [0, 0.1) is 0 Å². The molecular formula is C40H39N3O2. The molecule has 5 heteroatoms. The number of nitrogens with zero attached hydrogens (tertiary/aromatic N) is 3. The Hall–Kier alpha value is -4.87.